The fourth-order valence-electron chi connectivity index (χ4n) is 1.69. The summed E-state index contributed by atoms with van der Waals surface area (Å²) in [6.45, 7) is 2.55. The largest absolute Gasteiger partial charge is 0.380 e. The molecule has 0 aromatic carbocycles. The molecular weight excluding hydrogens is 232 g/mol. The number of hydrogen-bond acceptors (Lipinski definition) is 5. The Labute approximate surface area is 106 Å². The number of aromatic nitrogens is 2. The minimum atomic E-state index is -0.0891. The minimum absolute atomic E-state index is 0.0891. The molecule has 6 heteroatoms. The van der Waals surface area contributed by atoms with Crippen LogP contribution in [0.4, 0.5) is 5.82 Å². The van der Waals surface area contributed by atoms with Crippen molar-refractivity contribution in [3.05, 3.63) is 22.2 Å². The predicted octanol–water partition coefficient (Wildman–Crippen LogP) is 0.425. The minimum Gasteiger partial charge on any atom is -0.380 e. The van der Waals surface area contributed by atoms with Gasteiger partial charge in [0.1, 0.15) is 11.6 Å². The van der Waals surface area contributed by atoms with Gasteiger partial charge in [0, 0.05) is 31.7 Å². The molecule has 1 aliphatic carbocycles. The molecule has 100 valence electrons. The lowest BCUT2D eigenvalue weighted by atomic mass is 10.4. The third-order valence-corrected chi connectivity index (χ3v) is 2.76. The second-order valence-electron chi connectivity index (χ2n) is 4.47. The van der Waals surface area contributed by atoms with Crippen molar-refractivity contribution in [2.24, 2.45) is 5.73 Å². The maximum Gasteiger partial charge on any atom is 0.252 e. The summed E-state index contributed by atoms with van der Waals surface area (Å²) < 4.78 is 5.26. The van der Waals surface area contributed by atoms with Crippen LogP contribution in [0.3, 0.4) is 0 Å². The first-order chi connectivity index (χ1) is 8.79. The molecule has 1 heterocycles. The number of aromatic amines is 1. The average Bonchev–Trinajstić information content (AvgIpc) is 3.17. The molecule has 18 heavy (non-hydrogen) atoms. The average molecular weight is 252 g/mol. The first-order valence-corrected chi connectivity index (χ1v) is 6.42. The number of nitrogens with zero attached hydrogens (tertiary/aromatic N) is 1. The standard InChI is InChI=1S/C12H20N4O2/c13-4-7-18-6-1-5-14-10-8-11(17)16-12(15-10)9-2-3-9/h8-9H,1-7,13H2,(H2,14,15,16,17). The lowest BCUT2D eigenvalue weighted by molar-refractivity contribution is 0.141. The summed E-state index contributed by atoms with van der Waals surface area (Å²) in [5.41, 5.74) is 5.22. The van der Waals surface area contributed by atoms with Crippen LogP contribution in [0, 0.1) is 0 Å². The number of ether oxygens (including phenoxy) is 1. The summed E-state index contributed by atoms with van der Waals surface area (Å²) >= 11 is 0. The highest BCUT2D eigenvalue weighted by molar-refractivity contribution is 5.33. The van der Waals surface area contributed by atoms with Crippen LogP contribution < -0.4 is 16.6 Å². The quantitative estimate of drug-likeness (QED) is 0.583. The fraction of sp³-hybridized carbons (Fsp3) is 0.667. The van der Waals surface area contributed by atoms with Gasteiger partial charge in [0.15, 0.2) is 0 Å². The molecule has 2 rings (SSSR count). The summed E-state index contributed by atoms with van der Waals surface area (Å²) in [4.78, 5) is 18.6. The van der Waals surface area contributed by atoms with Gasteiger partial charge in [-0.3, -0.25) is 4.79 Å². The van der Waals surface area contributed by atoms with Crippen molar-refractivity contribution in [3.63, 3.8) is 0 Å². The predicted molar refractivity (Wildman–Crippen MR) is 69.8 cm³/mol. The zero-order valence-corrected chi connectivity index (χ0v) is 10.4. The van der Waals surface area contributed by atoms with Gasteiger partial charge in [-0.15, -0.1) is 0 Å². The third-order valence-electron chi connectivity index (χ3n) is 2.76. The Kier molecular flexibility index (Phi) is 4.72. The van der Waals surface area contributed by atoms with E-state index >= 15 is 0 Å². The zero-order valence-electron chi connectivity index (χ0n) is 10.4. The van der Waals surface area contributed by atoms with Crippen molar-refractivity contribution in [2.45, 2.75) is 25.2 Å². The van der Waals surface area contributed by atoms with Gasteiger partial charge in [0.2, 0.25) is 0 Å². The number of nitrogens with one attached hydrogen (secondary N) is 2. The van der Waals surface area contributed by atoms with E-state index in [2.05, 4.69) is 15.3 Å². The van der Waals surface area contributed by atoms with Gasteiger partial charge < -0.3 is 20.8 Å². The molecule has 6 nitrogen and oxygen atoms in total. The normalized spacial score (nSPS) is 14.7. The van der Waals surface area contributed by atoms with E-state index < -0.39 is 0 Å². The van der Waals surface area contributed by atoms with Gasteiger partial charge in [-0.25, -0.2) is 4.98 Å². The summed E-state index contributed by atoms with van der Waals surface area (Å²) in [6.07, 6.45) is 3.12. The summed E-state index contributed by atoms with van der Waals surface area (Å²) in [7, 11) is 0. The van der Waals surface area contributed by atoms with Gasteiger partial charge in [-0.05, 0) is 19.3 Å². The topological polar surface area (TPSA) is 93.0 Å². The van der Waals surface area contributed by atoms with Crippen LogP contribution in [-0.2, 0) is 4.74 Å². The molecule has 0 bridgehead atoms. The molecule has 0 aliphatic heterocycles. The van der Waals surface area contributed by atoms with Crippen LogP contribution in [-0.4, -0.2) is 36.3 Å². The van der Waals surface area contributed by atoms with E-state index in [0.29, 0.717) is 31.5 Å². The number of anilines is 1. The van der Waals surface area contributed by atoms with E-state index in [9.17, 15) is 4.79 Å². The Morgan fingerprint density at radius 3 is 3.06 bits per heavy atom. The maximum absolute atomic E-state index is 11.4. The Morgan fingerprint density at radius 2 is 2.33 bits per heavy atom. The molecule has 0 atom stereocenters. The molecule has 1 aromatic heterocycles. The number of rotatable bonds is 8. The van der Waals surface area contributed by atoms with Crippen LogP contribution in [0.5, 0.6) is 0 Å². The van der Waals surface area contributed by atoms with E-state index in [1.165, 1.54) is 6.07 Å². The van der Waals surface area contributed by atoms with Gasteiger partial charge in [0.25, 0.3) is 5.56 Å². The second-order valence-corrected chi connectivity index (χ2v) is 4.47. The molecule has 0 spiro atoms. The lowest BCUT2D eigenvalue weighted by Crippen LogP contribution is -2.15. The SMILES string of the molecule is NCCOCCCNc1cc(=O)[nH]c(C2CC2)n1. The van der Waals surface area contributed by atoms with Crippen LogP contribution in [0.15, 0.2) is 10.9 Å². The van der Waals surface area contributed by atoms with Gasteiger partial charge >= 0.3 is 0 Å². The molecule has 1 saturated carbocycles. The highest BCUT2D eigenvalue weighted by atomic mass is 16.5. The van der Waals surface area contributed by atoms with E-state index in [1.54, 1.807) is 0 Å². The van der Waals surface area contributed by atoms with Crippen LogP contribution >= 0.6 is 0 Å². The van der Waals surface area contributed by atoms with Crippen molar-refractivity contribution in [3.8, 4) is 0 Å². The Hall–Kier alpha value is -1.40. The van der Waals surface area contributed by atoms with Gasteiger partial charge in [-0.1, -0.05) is 0 Å². The first-order valence-electron chi connectivity index (χ1n) is 6.42. The Bertz CT molecular complexity index is 428. The number of nitrogens with two attached hydrogens (primary N) is 1. The molecule has 0 amide bonds. The highest BCUT2D eigenvalue weighted by Crippen LogP contribution is 2.37. The first kappa shape index (κ1) is 13.0. The van der Waals surface area contributed by atoms with E-state index in [0.717, 1.165) is 31.6 Å². The zero-order chi connectivity index (χ0) is 12.8. The molecule has 4 N–H and O–H groups in total. The molecule has 1 aromatic rings. The molecule has 0 radical (unpaired) electrons. The van der Waals surface area contributed by atoms with Crippen molar-refractivity contribution in [1.29, 1.82) is 0 Å². The monoisotopic (exact) mass is 252 g/mol. The summed E-state index contributed by atoms with van der Waals surface area (Å²) in [6, 6.07) is 1.49. The Morgan fingerprint density at radius 1 is 1.50 bits per heavy atom. The lowest BCUT2D eigenvalue weighted by Gasteiger charge is -2.07. The molecule has 1 fully saturated rings. The Balaban J connectivity index is 1.76. The third kappa shape index (κ3) is 4.12. The molecule has 1 aliphatic rings. The smallest absolute Gasteiger partial charge is 0.252 e. The van der Waals surface area contributed by atoms with E-state index in [4.69, 9.17) is 10.5 Å². The molecule has 0 saturated heterocycles. The number of H-pyrrole nitrogens is 1. The van der Waals surface area contributed by atoms with Crippen LogP contribution in [0.2, 0.25) is 0 Å². The maximum atomic E-state index is 11.4. The van der Waals surface area contributed by atoms with Gasteiger partial charge in [0.05, 0.1) is 6.61 Å². The molecule has 0 unspecified atom stereocenters. The summed E-state index contributed by atoms with van der Waals surface area (Å²) in [5.74, 6) is 1.91. The van der Waals surface area contributed by atoms with Crippen molar-refractivity contribution in [2.75, 3.05) is 31.6 Å². The number of hydrogen-bond donors (Lipinski definition) is 3. The van der Waals surface area contributed by atoms with Crippen molar-refractivity contribution in [1.82, 2.24) is 9.97 Å². The fourth-order valence-corrected chi connectivity index (χ4v) is 1.69. The van der Waals surface area contributed by atoms with E-state index in [1.807, 2.05) is 0 Å². The van der Waals surface area contributed by atoms with Crippen LogP contribution in [0.25, 0.3) is 0 Å². The summed E-state index contributed by atoms with van der Waals surface area (Å²) in [5, 5.41) is 3.14. The van der Waals surface area contributed by atoms with Crippen molar-refractivity contribution < 1.29 is 4.74 Å². The van der Waals surface area contributed by atoms with Crippen molar-refractivity contribution >= 4 is 5.82 Å². The van der Waals surface area contributed by atoms with E-state index in [-0.39, 0.29) is 5.56 Å². The molecular formula is C12H20N4O2. The second kappa shape index (κ2) is 6.51. The van der Waals surface area contributed by atoms with Crippen LogP contribution in [0.1, 0.15) is 31.0 Å². The van der Waals surface area contributed by atoms with Gasteiger partial charge in [-0.2, -0.15) is 0 Å². The highest BCUT2D eigenvalue weighted by Gasteiger charge is 2.26.